The van der Waals surface area contributed by atoms with Crippen molar-refractivity contribution in [1.29, 1.82) is 0 Å². The number of methoxy groups -OCH3 is 1. The average Bonchev–Trinajstić information content (AvgIpc) is 3.83. The van der Waals surface area contributed by atoms with Crippen molar-refractivity contribution in [3.05, 3.63) is 77.6 Å². The molecule has 1 saturated carbocycles. The number of carbonyl (C=O) groups is 1. The van der Waals surface area contributed by atoms with Crippen LogP contribution in [0.15, 0.2) is 54.9 Å². The smallest absolute Gasteiger partial charge is 0.210 e. The molecule has 8 nitrogen and oxygen atoms in total. The molecule has 0 bridgehead atoms. The predicted molar refractivity (Wildman–Crippen MR) is 171 cm³/mol. The Morgan fingerprint density at radius 3 is 2.77 bits per heavy atom. The molecule has 44 heavy (non-hydrogen) atoms. The monoisotopic (exact) mass is 594 g/mol. The van der Waals surface area contributed by atoms with Crippen molar-refractivity contribution in [1.82, 2.24) is 24.8 Å². The van der Waals surface area contributed by atoms with E-state index in [1.54, 1.807) is 0 Å². The quantitative estimate of drug-likeness (QED) is 0.254. The molecule has 1 aromatic carbocycles. The fraction of sp³-hybridized carbons (Fsp3) is 0.400. The number of nitrogens with zero attached hydrogens (tertiary/aromatic N) is 5. The van der Waals surface area contributed by atoms with Crippen LogP contribution in [-0.2, 0) is 17.8 Å². The maximum absolute atomic E-state index is 14.0. The van der Waals surface area contributed by atoms with Gasteiger partial charge in [-0.2, -0.15) is 0 Å². The van der Waals surface area contributed by atoms with Crippen molar-refractivity contribution >= 4 is 28.7 Å². The third kappa shape index (κ3) is 5.34. The standard InChI is InChI=1S/C35H39FN6O2/c1-3-30-28(7-5-11-38-30)29-15-25(32-21-40(12-13-41(32)22-43)35-33(44-2)17-27(36)19-39-35)14-26-16-31(24-6-4-10-37-18-24)42(34(26)29)20-23-8-9-23/h5-7,11,14-17,19,22-23,32,37H,3-4,8-10,12-13,18,20-21H2,1-2H3. The minimum Gasteiger partial charge on any atom is -0.493 e. The van der Waals surface area contributed by atoms with E-state index < -0.39 is 5.82 Å². The zero-order valence-electron chi connectivity index (χ0n) is 25.4. The number of aromatic nitrogens is 3. The molecule has 7 rings (SSSR count). The lowest BCUT2D eigenvalue weighted by Gasteiger charge is -2.40. The second-order valence-corrected chi connectivity index (χ2v) is 12.1. The highest BCUT2D eigenvalue weighted by Crippen LogP contribution is 2.42. The molecule has 1 atom stereocenters. The number of nitrogens with one attached hydrogen (secondary N) is 1. The predicted octanol–water partition coefficient (Wildman–Crippen LogP) is 5.61. The number of carbonyl (C=O) groups excluding carboxylic acids is 1. The molecule has 2 aliphatic heterocycles. The molecule has 1 amide bonds. The van der Waals surface area contributed by atoms with E-state index in [4.69, 9.17) is 9.72 Å². The van der Waals surface area contributed by atoms with Gasteiger partial charge < -0.3 is 24.4 Å². The SMILES string of the molecule is CCc1ncccc1-c1cc(C2CN(c3ncc(F)cc3OC)CCN2C=O)cc2cc(C3=CCCNC3)n(CC3CC3)c12. The van der Waals surface area contributed by atoms with E-state index in [1.807, 2.05) is 17.2 Å². The Bertz CT molecular complexity index is 1730. The summed E-state index contributed by atoms with van der Waals surface area (Å²) in [7, 11) is 1.53. The number of piperazine rings is 1. The lowest BCUT2D eigenvalue weighted by molar-refractivity contribution is -0.120. The molecule has 1 aliphatic carbocycles. The third-order valence-electron chi connectivity index (χ3n) is 9.28. The number of ether oxygens (including phenoxy) is 1. The van der Waals surface area contributed by atoms with Crippen LogP contribution in [0.2, 0.25) is 0 Å². The Labute approximate surface area is 257 Å². The highest BCUT2D eigenvalue weighted by molar-refractivity contribution is 5.98. The van der Waals surface area contributed by atoms with Gasteiger partial charge in [0.05, 0.1) is 24.9 Å². The number of pyridine rings is 2. The summed E-state index contributed by atoms with van der Waals surface area (Å²) in [5, 5.41) is 4.74. The van der Waals surface area contributed by atoms with Crippen molar-refractivity contribution in [2.45, 2.75) is 45.2 Å². The topological polar surface area (TPSA) is 75.5 Å². The van der Waals surface area contributed by atoms with Gasteiger partial charge in [0.25, 0.3) is 0 Å². The third-order valence-corrected chi connectivity index (χ3v) is 9.28. The van der Waals surface area contributed by atoms with E-state index in [1.165, 1.54) is 54.4 Å². The van der Waals surface area contributed by atoms with Gasteiger partial charge >= 0.3 is 0 Å². The van der Waals surface area contributed by atoms with E-state index in [-0.39, 0.29) is 6.04 Å². The van der Waals surface area contributed by atoms with Gasteiger partial charge in [0, 0.05) is 72.9 Å². The lowest BCUT2D eigenvalue weighted by Crippen LogP contribution is -2.48. The maximum Gasteiger partial charge on any atom is 0.210 e. The number of fused-ring (bicyclic) bond motifs is 1. The van der Waals surface area contributed by atoms with Gasteiger partial charge in [-0.3, -0.25) is 9.78 Å². The molecule has 9 heteroatoms. The summed E-state index contributed by atoms with van der Waals surface area (Å²) in [4.78, 5) is 25.6. The number of anilines is 1. The molecule has 3 aromatic heterocycles. The van der Waals surface area contributed by atoms with Gasteiger partial charge in [0.1, 0.15) is 5.82 Å². The molecular formula is C35H39FN6O2. The summed E-state index contributed by atoms with van der Waals surface area (Å²) < 4.78 is 22.0. The number of amides is 1. The van der Waals surface area contributed by atoms with Crippen LogP contribution < -0.4 is 15.0 Å². The largest absolute Gasteiger partial charge is 0.493 e. The average molecular weight is 595 g/mol. The molecule has 4 aromatic rings. The first-order chi connectivity index (χ1) is 21.6. The molecule has 228 valence electrons. The fourth-order valence-corrected chi connectivity index (χ4v) is 6.87. The molecule has 3 aliphatic rings. The van der Waals surface area contributed by atoms with Crippen molar-refractivity contribution in [3.63, 3.8) is 0 Å². The van der Waals surface area contributed by atoms with Crippen molar-refractivity contribution in [3.8, 4) is 16.9 Å². The second kappa shape index (κ2) is 12.0. The normalized spacial score (nSPS) is 18.9. The Morgan fingerprint density at radius 1 is 1.14 bits per heavy atom. The van der Waals surface area contributed by atoms with Crippen molar-refractivity contribution in [2.75, 3.05) is 44.7 Å². The molecule has 0 spiro atoms. The lowest BCUT2D eigenvalue weighted by atomic mass is 9.93. The number of halogens is 1. The number of aryl methyl sites for hydroxylation is 1. The van der Waals surface area contributed by atoms with Gasteiger partial charge in [-0.1, -0.05) is 19.1 Å². The van der Waals surface area contributed by atoms with E-state index in [2.05, 4.69) is 57.0 Å². The van der Waals surface area contributed by atoms with Crippen LogP contribution in [0.1, 0.15) is 49.2 Å². The highest BCUT2D eigenvalue weighted by Gasteiger charge is 2.32. The first-order valence-corrected chi connectivity index (χ1v) is 15.7. The van der Waals surface area contributed by atoms with Gasteiger partial charge in [-0.15, -0.1) is 0 Å². The highest BCUT2D eigenvalue weighted by atomic mass is 19.1. The molecule has 1 saturated heterocycles. The van der Waals surface area contributed by atoms with Crippen molar-refractivity contribution in [2.24, 2.45) is 5.92 Å². The van der Waals surface area contributed by atoms with E-state index >= 15 is 0 Å². The summed E-state index contributed by atoms with van der Waals surface area (Å²) in [6.07, 6.45) is 10.8. The van der Waals surface area contributed by atoms with Gasteiger partial charge in [0.2, 0.25) is 6.41 Å². The van der Waals surface area contributed by atoms with Crippen LogP contribution in [0.4, 0.5) is 10.2 Å². The molecule has 0 radical (unpaired) electrons. The maximum atomic E-state index is 14.0. The minimum atomic E-state index is -0.443. The fourth-order valence-electron chi connectivity index (χ4n) is 6.87. The summed E-state index contributed by atoms with van der Waals surface area (Å²) >= 11 is 0. The zero-order valence-corrected chi connectivity index (χ0v) is 25.4. The molecule has 1 N–H and O–H groups in total. The molecule has 5 heterocycles. The van der Waals surface area contributed by atoms with Crippen molar-refractivity contribution < 1.29 is 13.9 Å². The number of hydrogen-bond donors (Lipinski definition) is 1. The molecule has 1 unspecified atom stereocenters. The van der Waals surface area contributed by atoms with Crippen LogP contribution in [0.5, 0.6) is 5.75 Å². The second-order valence-electron chi connectivity index (χ2n) is 12.1. The Morgan fingerprint density at radius 2 is 2.02 bits per heavy atom. The summed E-state index contributed by atoms with van der Waals surface area (Å²) in [5.41, 5.74) is 8.25. The van der Waals surface area contributed by atoms with Gasteiger partial charge in [-0.05, 0) is 73.5 Å². The van der Waals surface area contributed by atoms with E-state index in [9.17, 15) is 9.18 Å². The molecule has 2 fully saturated rings. The van der Waals surface area contributed by atoms with Crippen LogP contribution in [-0.4, -0.2) is 65.7 Å². The molecular weight excluding hydrogens is 555 g/mol. The van der Waals surface area contributed by atoms with Crippen LogP contribution in [0.25, 0.3) is 27.6 Å². The number of benzene rings is 1. The van der Waals surface area contributed by atoms with Gasteiger partial charge in [0.15, 0.2) is 11.6 Å². The zero-order chi connectivity index (χ0) is 30.2. The first-order valence-electron chi connectivity index (χ1n) is 15.7. The van der Waals surface area contributed by atoms with E-state index in [0.29, 0.717) is 37.1 Å². The first kappa shape index (κ1) is 28.5. The van der Waals surface area contributed by atoms with Crippen LogP contribution in [0.3, 0.4) is 0 Å². The van der Waals surface area contributed by atoms with Crippen LogP contribution >= 0.6 is 0 Å². The van der Waals surface area contributed by atoms with Crippen LogP contribution in [0, 0.1) is 11.7 Å². The summed E-state index contributed by atoms with van der Waals surface area (Å²) in [6, 6.07) is 12.2. The minimum absolute atomic E-state index is 0.228. The Hall–Kier alpha value is -4.24. The summed E-state index contributed by atoms with van der Waals surface area (Å²) in [5.74, 6) is 1.23. The Balaban J connectivity index is 1.41. The summed E-state index contributed by atoms with van der Waals surface area (Å²) in [6.45, 7) is 6.61. The Kier molecular flexibility index (Phi) is 7.80. The van der Waals surface area contributed by atoms with Gasteiger partial charge in [-0.25, -0.2) is 9.37 Å². The van der Waals surface area contributed by atoms with E-state index in [0.717, 1.165) is 61.3 Å². The number of hydrogen-bond acceptors (Lipinski definition) is 6. The number of rotatable bonds is 9.